The molecule has 0 fully saturated rings. The minimum absolute atomic E-state index is 0.0857. The lowest BCUT2D eigenvalue weighted by atomic mass is 9.95. The van der Waals surface area contributed by atoms with E-state index < -0.39 is 23.6 Å². The summed E-state index contributed by atoms with van der Waals surface area (Å²) in [6.45, 7) is 1.43. The summed E-state index contributed by atoms with van der Waals surface area (Å²) >= 11 is 0. The van der Waals surface area contributed by atoms with Crippen LogP contribution in [0.2, 0.25) is 0 Å². The van der Waals surface area contributed by atoms with Gasteiger partial charge in [0.15, 0.2) is 0 Å². The smallest absolute Gasteiger partial charge is 0.416 e. The number of hydrogen-bond acceptors (Lipinski definition) is 2. The largest absolute Gasteiger partial charge is 0.481 e. The maximum absolute atomic E-state index is 12.6. The monoisotopic (exact) mass is 233 g/mol. The van der Waals surface area contributed by atoms with Gasteiger partial charge in [0.05, 0.1) is 12.0 Å². The van der Waals surface area contributed by atoms with Gasteiger partial charge in [0.1, 0.15) is 0 Å². The van der Waals surface area contributed by atoms with Crippen LogP contribution in [-0.4, -0.2) is 16.1 Å². The molecule has 0 aliphatic heterocycles. The van der Waals surface area contributed by atoms with Crippen LogP contribution in [0.25, 0.3) is 0 Å². The third-order valence-corrected chi connectivity index (χ3v) is 2.17. The van der Waals surface area contributed by atoms with E-state index in [1.54, 1.807) is 0 Å². The molecular formula is C10H10F3NO2. The highest BCUT2D eigenvalue weighted by molar-refractivity contribution is 5.68. The minimum Gasteiger partial charge on any atom is -0.481 e. The second kappa shape index (κ2) is 4.51. The van der Waals surface area contributed by atoms with Crippen LogP contribution >= 0.6 is 0 Å². The molecule has 6 heteroatoms. The summed E-state index contributed by atoms with van der Waals surface area (Å²) in [4.78, 5) is 14.0. The van der Waals surface area contributed by atoms with Crippen LogP contribution < -0.4 is 0 Å². The zero-order valence-electron chi connectivity index (χ0n) is 8.45. The maximum atomic E-state index is 12.6. The molecule has 1 aromatic rings. The molecule has 0 radical (unpaired) electrons. The number of aromatic nitrogens is 1. The molecule has 0 bridgehead atoms. The quantitative estimate of drug-likeness (QED) is 0.873. The molecule has 16 heavy (non-hydrogen) atoms. The fourth-order valence-electron chi connectivity index (χ4n) is 1.43. The first-order valence-corrected chi connectivity index (χ1v) is 4.55. The summed E-state index contributed by atoms with van der Waals surface area (Å²) in [5.74, 6) is -1.85. The maximum Gasteiger partial charge on any atom is 0.416 e. The Balaban J connectivity index is 3.08. The Labute approximate surface area is 89.9 Å². The van der Waals surface area contributed by atoms with Gasteiger partial charge in [-0.3, -0.25) is 9.78 Å². The number of pyridine rings is 1. The van der Waals surface area contributed by atoms with E-state index in [1.807, 2.05) is 0 Å². The summed E-state index contributed by atoms with van der Waals surface area (Å²) in [5.41, 5.74) is -0.909. The van der Waals surface area contributed by atoms with E-state index in [0.29, 0.717) is 0 Å². The normalized spacial score (nSPS) is 13.5. The molecule has 0 aromatic carbocycles. The van der Waals surface area contributed by atoms with Crippen molar-refractivity contribution in [2.24, 2.45) is 0 Å². The summed E-state index contributed by atoms with van der Waals surface area (Å²) in [6, 6.07) is 0.855. The lowest BCUT2D eigenvalue weighted by Gasteiger charge is -2.16. The lowest BCUT2D eigenvalue weighted by molar-refractivity contribution is -0.140. The van der Waals surface area contributed by atoms with E-state index in [1.165, 1.54) is 6.92 Å². The molecule has 1 unspecified atom stereocenters. The number of halogens is 3. The zero-order chi connectivity index (χ0) is 12.3. The molecule has 1 aromatic heterocycles. The predicted molar refractivity (Wildman–Crippen MR) is 49.9 cm³/mol. The Morgan fingerprint density at radius 2 is 2.19 bits per heavy atom. The number of hydrogen-bond donors (Lipinski definition) is 1. The van der Waals surface area contributed by atoms with E-state index in [-0.39, 0.29) is 12.0 Å². The van der Waals surface area contributed by atoms with Crippen molar-refractivity contribution in [1.82, 2.24) is 4.98 Å². The Morgan fingerprint density at radius 1 is 1.56 bits per heavy atom. The van der Waals surface area contributed by atoms with E-state index in [9.17, 15) is 18.0 Å². The molecule has 0 amide bonds. The van der Waals surface area contributed by atoms with Gasteiger partial charge in [-0.15, -0.1) is 0 Å². The van der Waals surface area contributed by atoms with Crippen LogP contribution in [-0.2, 0) is 11.0 Å². The second-order valence-corrected chi connectivity index (χ2v) is 3.46. The second-order valence-electron chi connectivity index (χ2n) is 3.46. The van der Waals surface area contributed by atoms with Gasteiger partial charge in [-0.2, -0.15) is 13.2 Å². The number of rotatable bonds is 3. The van der Waals surface area contributed by atoms with Crippen LogP contribution in [0, 0.1) is 0 Å². The van der Waals surface area contributed by atoms with Crippen molar-refractivity contribution in [3.8, 4) is 0 Å². The van der Waals surface area contributed by atoms with Gasteiger partial charge >= 0.3 is 12.1 Å². The van der Waals surface area contributed by atoms with Gasteiger partial charge in [-0.1, -0.05) is 6.92 Å². The summed E-state index contributed by atoms with van der Waals surface area (Å²) in [7, 11) is 0. The molecule has 0 saturated carbocycles. The molecule has 0 aliphatic carbocycles. The summed E-state index contributed by atoms with van der Waals surface area (Å²) in [6.07, 6.45) is -2.73. The molecule has 1 heterocycles. The van der Waals surface area contributed by atoms with Crippen molar-refractivity contribution >= 4 is 5.97 Å². The van der Waals surface area contributed by atoms with Crippen LogP contribution in [0.3, 0.4) is 0 Å². The fraction of sp³-hybridized carbons (Fsp3) is 0.400. The van der Waals surface area contributed by atoms with Crippen molar-refractivity contribution in [2.45, 2.75) is 25.4 Å². The van der Waals surface area contributed by atoms with E-state index >= 15 is 0 Å². The Hall–Kier alpha value is -1.59. The SMILES string of the molecule is CC(CC(=O)O)c1cnccc1C(F)(F)F. The lowest BCUT2D eigenvalue weighted by Crippen LogP contribution is -2.13. The van der Waals surface area contributed by atoms with Gasteiger partial charge in [0.2, 0.25) is 0 Å². The third kappa shape index (κ3) is 2.95. The molecule has 0 aliphatic rings. The van der Waals surface area contributed by atoms with Gasteiger partial charge in [-0.25, -0.2) is 0 Å². The molecule has 88 valence electrons. The van der Waals surface area contributed by atoms with Gasteiger partial charge < -0.3 is 5.11 Å². The number of carbonyl (C=O) groups is 1. The van der Waals surface area contributed by atoms with Gasteiger partial charge in [0.25, 0.3) is 0 Å². The number of carboxylic acids is 1. The van der Waals surface area contributed by atoms with Crippen molar-refractivity contribution in [3.05, 3.63) is 29.6 Å². The highest BCUT2D eigenvalue weighted by Gasteiger charge is 2.34. The molecule has 3 nitrogen and oxygen atoms in total. The molecule has 1 atom stereocenters. The number of alkyl halides is 3. The third-order valence-electron chi connectivity index (χ3n) is 2.17. The number of nitrogens with zero attached hydrogens (tertiary/aromatic N) is 1. The van der Waals surface area contributed by atoms with Crippen LogP contribution in [0.4, 0.5) is 13.2 Å². The summed E-state index contributed by atoms with van der Waals surface area (Å²) < 4.78 is 37.7. The first kappa shape index (κ1) is 12.5. The topological polar surface area (TPSA) is 50.2 Å². The van der Waals surface area contributed by atoms with Crippen molar-refractivity contribution in [1.29, 1.82) is 0 Å². The Bertz CT molecular complexity index is 390. The zero-order valence-corrected chi connectivity index (χ0v) is 8.45. The van der Waals surface area contributed by atoms with Crippen molar-refractivity contribution in [2.75, 3.05) is 0 Å². The standard InChI is InChI=1S/C10H10F3NO2/c1-6(4-9(15)16)7-5-14-3-2-8(7)10(11,12)13/h2-3,5-6H,4H2,1H3,(H,15,16). The van der Waals surface area contributed by atoms with Crippen molar-refractivity contribution < 1.29 is 23.1 Å². The molecule has 1 rings (SSSR count). The number of aliphatic carboxylic acids is 1. The minimum atomic E-state index is -4.48. The van der Waals surface area contributed by atoms with Crippen LogP contribution in [0.15, 0.2) is 18.5 Å². The molecule has 0 saturated heterocycles. The highest BCUT2D eigenvalue weighted by Crippen LogP contribution is 2.35. The van der Waals surface area contributed by atoms with Crippen LogP contribution in [0.1, 0.15) is 30.4 Å². The first-order valence-electron chi connectivity index (χ1n) is 4.55. The Morgan fingerprint density at radius 3 is 2.69 bits per heavy atom. The van der Waals surface area contributed by atoms with Gasteiger partial charge in [-0.05, 0) is 17.5 Å². The number of carboxylic acid groups (broad SMARTS) is 1. The van der Waals surface area contributed by atoms with E-state index in [0.717, 1.165) is 18.5 Å². The predicted octanol–water partition coefficient (Wildman–Crippen LogP) is 2.68. The summed E-state index contributed by atoms with van der Waals surface area (Å²) in [5, 5.41) is 8.54. The Kier molecular flexibility index (Phi) is 3.51. The fourth-order valence-corrected chi connectivity index (χ4v) is 1.43. The molecule has 0 spiro atoms. The highest BCUT2D eigenvalue weighted by atomic mass is 19.4. The van der Waals surface area contributed by atoms with Gasteiger partial charge in [0, 0.05) is 12.4 Å². The average molecular weight is 233 g/mol. The van der Waals surface area contributed by atoms with E-state index in [2.05, 4.69) is 4.98 Å². The van der Waals surface area contributed by atoms with Crippen LogP contribution in [0.5, 0.6) is 0 Å². The van der Waals surface area contributed by atoms with Crippen molar-refractivity contribution in [3.63, 3.8) is 0 Å². The average Bonchev–Trinajstić information content (AvgIpc) is 2.15. The molecule has 1 N–H and O–H groups in total. The molecular weight excluding hydrogens is 223 g/mol. The van der Waals surface area contributed by atoms with E-state index in [4.69, 9.17) is 5.11 Å². The first-order chi connectivity index (χ1) is 7.32.